The van der Waals surface area contributed by atoms with Crippen molar-refractivity contribution in [1.29, 1.82) is 0 Å². The van der Waals surface area contributed by atoms with Crippen LogP contribution in [0.15, 0.2) is 35.8 Å². The quantitative estimate of drug-likeness (QED) is 0.692. The number of hydrogen-bond donors (Lipinski definition) is 2. The van der Waals surface area contributed by atoms with Crippen LogP contribution in [0.25, 0.3) is 4.96 Å². The first-order valence-corrected chi connectivity index (χ1v) is 9.24. The van der Waals surface area contributed by atoms with Gasteiger partial charge in [-0.2, -0.15) is 0 Å². The minimum Gasteiger partial charge on any atom is -0.395 e. The van der Waals surface area contributed by atoms with Crippen LogP contribution >= 0.6 is 11.3 Å². The summed E-state index contributed by atoms with van der Waals surface area (Å²) in [5.74, 6) is 0.656. The summed E-state index contributed by atoms with van der Waals surface area (Å²) in [6.07, 6.45) is 4.65. The number of nitrogens with zero attached hydrogens (tertiary/aromatic N) is 3. The zero-order valence-corrected chi connectivity index (χ0v) is 14.6. The molecule has 2 aromatic heterocycles. The molecule has 3 aromatic rings. The van der Waals surface area contributed by atoms with Gasteiger partial charge in [-0.3, -0.25) is 4.40 Å². The first-order chi connectivity index (χ1) is 11.8. The van der Waals surface area contributed by atoms with Crippen molar-refractivity contribution in [2.75, 3.05) is 30.4 Å². The van der Waals surface area contributed by atoms with E-state index < -0.39 is 0 Å². The van der Waals surface area contributed by atoms with Crippen molar-refractivity contribution in [3.05, 3.63) is 47.2 Å². The number of nitrogens with one attached hydrogen (secondary N) is 1. The van der Waals surface area contributed by atoms with Gasteiger partial charge in [-0.05, 0) is 37.1 Å². The maximum atomic E-state index is 9.03. The molecule has 24 heavy (non-hydrogen) atoms. The predicted molar refractivity (Wildman–Crippen MR) is 99.2 cm³/mol. The third kappa shape index (κ3) is 2.99. The number of fused-ring (bicyclic) bond motifs is 1. The van der Waals surface area contributed by atoms with E-state index in [2.05, 4.69) is 45.6 Å². The first-order valence-electron chi connectivity index (χ1n) is 8.36. The molecule has 126 valence electrons. The maximum Gasteiger partial charge on any atom is 0.194 e. The fourth-order valence-electron chi connectivity index (χ4n) is 3.01. The van der Waals surface area contributed by atoms with Gasteiger partial charge in [0.1, 0.15) is 0 Å². The number of aromatic nitrogens is 2. The van der Waals surface area contributed by atoms with Crippen LogP contribution in [0.4, 0.5) is 11.4 Å². The molecule has 1 aliphatic carbocycles. The van der Waals surface area contributed by atoms with Gasteiger partial charge in [0.25, 0.3) is 0 Å². The standard InChI is InChI=1S/C18H22N4OS/c1-21(8-10-23)15-6-4-14(5-7-15)19-12-16-17(13-2-3-13)20-18-22(16)9-11-24-18/h4-7,9,11,13,19,23H,2-3,8,10,12H2,1H3. The maximum absolute atomic E-state index is 9.03. The summed E-state index contributed by atoms with van der Waals surface area (Å²) in [5, 5.41) is 14.6. The molecule has 0 amide bonds. The Morgan fingerprint density at radius 1 is 1.33 bits per heavy atom. The SMILES string of the molecule is CN(CCO)c1ccc(NCc2c(C3CC3)nc3sccn23)cc1. The van der Waals surface area contributed by atoms with Gasteiger partial charge in [0, 0.05) is 42.5 Å². The van der Waals surface area contributed by atoms with Crippen LogP contribution in [0.5, 0.6) is 0 Å². The highest BCUT2D eigenvalue weighted by atomic mass is 32.1. The Morgan fingerprint density at radius 2 is 2.12 bits per heavy atom. The molecule has 2 heterocycles. The Bertz CT molecular complexity index is 819. The summed E-state index contributed by atoms with van der Waals surface area (Å²) in [7, 11) is 1.99. The second-order valence-electron chi connectivity index (χ2n) is 6.32. The first kappa shape index (κ1) is 15.5. The van der Waals surface area contributed by atoms with Gasteiger partial charge in [-0.25, -0.2) is 4.98 Å². The number of anilines is 2. The zero-order valence-electron chi connectivity index (χ0n) is 13.8. The third-order valence-electron chi connectivity index (χ3n) is 4.56. The highest BCUT2D eigenvalue weighted by Gasteiger charge is 2.30. The topological polar surface area (TPSA) is 52.8 Å². The highest BCUT2D eigenvalue weighted by Crippen LogP contribution is 2.42. The van der Waals surface area contributed by atoms with Crippen LogP contribution in [0.3, 0.4) is 0 Å². The fourth-order valence-corrected chi connectivity index (χ4v) is 3.75. The molecule has 4 rings (SSSR count). The number of rotatable bonds is 7. The number of aliphatic hydroxyl groups is 1. The second-order valence-corrected chi connectivity index (χ2v) is 7.19. The lowest BCUT2D eigenvalue weighted by atomic mass is 10.2. The number of imidazole rings is 1. The normalized spacial score (nSPS) is 14.2. The summed E-state index contributed by atoms with van der Waals surface area (Å²) in [5.41, 5.74) is 4.77. The molecule has 0 aliphatic heterocycles. The molecule has 6 heteroatoms. The van der Waals surface area contributed by atoms with Gasteiger partial charge in [0.05, 0.1) is 24.5 Å². The molecule has 2 N–H and O–H groups in total. The lowest BCUT2D eigenvalue weighted by Gasteiger charge is -2.18. The average molecular weight is 342 g/mol. The molecule has 0 atom stereocenters. The van der Waals surface area contributed by atoms with Gasteiger partial charge in [-0.15, -0.1) is 11.3 Å². The molecule has 0 unspecified atom stereocenters. The molecule has 1 fully saturated rings. The Hall–Kier alpha value is -2.05. The molecule has 0 spiro atoms. The summed E-state index contributed by atoms with van der Waals surface area (Å²) < 4.78 is 2.22. The van der Waals surface area contributed by atoms with Crippen LogP contribution in [-0.4, -0.2) is 34.7 Å². The number of aliphatic hydroxyl groups excluding tert-OH is 1. The molecule has 1 saturated carbocycles. The summed E-state index contributed by atoms with van der Waals surface area (Å²) >= 11 is 1.70. The van der Waals surface area contributed by atoms with Crippen LogP contribution in [0.2, 0.25) is 0 Å². The van der Waals surface area contributed by atoms with Crippen LogP contribution in [-0.2, 0) is 6.54 Å². The minimum absolute atomic E-state index is 0.165. The van der Waals surface area contributed by atoms with Crippen molar-refractivity contribution in [2.45, 2.75) is 25.3 Å². The summed E-state index contributed by atoms with van der Waals surface area (Å²) in [6, 6.07) is 8.34. The predicted octanol–water partition coefficient (Wildman–Crippen LogP) is 3.31. The van der Waals surface area contributed by atoms with Crippen molar-refractivity contribution < 1.29 is 5.11 Å². The van der Waals surface area contributed by atoms with E-state index >= 15 is 0 Å². The van der Waals surface area contributed by atoms with E-state index in [0.717, 1.165) is 22.9 Å². The number of hydrogen-bond acceptors (Lipinski definition) is 5. The smallest absolute Gasteiger partial charge is 0.194 e. The van der Waals surface area contributed by atoms with E-state index in [-0.39, 0.29) is 6.61 Å². The van der Waals surface area contributed by atoms with Gasteiger partial charge in [-0.1, -0.05) is 0 Å². The molecule has 0 bridgehead atoms. The molecule has 5 nitrogen and oxygen atoms in total. The van der Waals surface area contributed by atoms with Crippen molar-refractivity contribution >= 4 is 27.7 Å². The largest absolute Gasteiger partial charge is 0.395 e. The van der Waals surface area contributed by atoms with Gasteiger partial charge in [0.15, 0.2) is 4.96 Å². The molecule has 0 saturated heterocycles. The molecule has 0 radical (unpaired) electrons. The van der Waals surface area contributed by atoms with Crippen molar-refractivity contribution in [3.63, 3.8) is 0 Å². The number of thiazole rings is 1. The van der Waals surface area contributed by atoms with E-state index in [1.54, 1.807) is 11.3 Å². The van der Waals surface area contributed by atoms with Gasteiger partial charge >= 0.3 is 0 Å². The fraction of sp³-hybridized carbons (Fsp3) is 0.389. The van der Waals surface area contributed by atoms with E-state index in [1.165, 1.54) is 24.2 Å². The summed E-state index contributed by atoms with van der Waals surface area (Å²) in [6.45, 7) is 1.59. The van der Waals surface area contributed by atoms with Crippen molar-refractivity contribution in [2.24, 2.45) is 0 Å². The Labute approximate surface area is 145 Å². The molecule has 1 aliphatic rings. The van der Waals surface area contributed by atoms with Gasteiger partial charge in [0.2, 0.25) is 0 Å². The van der Waals surface area contributed by atoms with Crippen molar-refractivity contribution in [3.8, 4) is 0 Å². The number of likely N-dealkylation sites (N-methyl/N-ethyl adjacent to an activating group) is 1. The molecular weight excluding hydrogens is 320 g/mol. The number of benzene rings is 1. The van der Waals surface area contributed by atoms with E-state index in [4.69, 9.17) is 10.1 Å². The van der Waals surface area contributed by atoms with Crippen LogP contribution in [0, 0.1) is 0 Å². The zero-order chi connectivity index (χ0) is 16.5. The van der Waals surface area contributed by atoms with E-state index in [1.807, 2.05) is 11.9 Å². The van der Waals surface area contributed by atoms with E-state index in [0.29, 0.717) is 12.5 Å². The third-order valence-corrected chi connectivity index (χ3v) is 5.32. The Morgan fingerprint density at radius 3 is 2.83 bits per heavy atom. The Kier molecular flexibility index (Phi) is 4.16. The minimum atomic E-state index is 0.165. The van der Waals surface area contributed by atoms with Gasteiger partial charge < -0.3 is 15.3 Å². The lowest BCUT2D eigenvalue weighted by Crippen LogP contribution is -2.20. The Balaban J connectivity index is 1.49. The molecule has 1 aromatic carbocycles. The second kappa shape index (κ2) is 6.45. The van der Waals surface area contributed by atoms with Crippen LogP contribution < -0.4 is 10.2 Å². The highest BCUT2D eigenvalue weighted by molar-refractivity contribution is 7.15. The summed E-state index contributed by atoms with van der Waals surface area (Å²) in [4.78, 5) is 7.95. The van der Waals surface area contributed by atoms with Crippen molar-refractivity contribution in [1.82, 2.24) is 9.38 Å². The average Bonchev–Trinajstić information content (AvgIpc) is 3.23. The van der Waals surface area contributed by atoms with Crippen LogP contribution in [0.1, 0.15) is 30.1 Å². The molecular formula is C18H22N4OS. The lowest BCUT2D eigenvalue weighted by molar-refractivity contribution is 0.304. The van der Waals surface area contributed by atoms with E-state index in [9.17, 15) is 0 Å². The monoisotopic (exact) mass is 342 g/mol.